The van der Waals surface area contributed by atoms with Gasteiger partial charge in [0.15, 0.2) is 0 Å². The van der Waals surface area contributed by atoms with Crippen LogP contribution in [0.1, 0.15) is 13.3 Å². The van der Waals surface area contributed by atoms with E-state index in [4.69, 9.17) is 0 Å². The van der Waals surface area contributed by atoms with Crippen LogP contribution in [0.2, 0.25) is 0 Å². The monoisotopic (exact) mass is 126 g/mol. The molecule has 0 unspecified atom stereocenters. The molecule has 0 bridgehead atoms. The number of rotatable bonds is 3. The van der Waals surface area contributed by atoms with Crippen molar-refractivity contribution in [3.63, 3.8) is 0 Å². The number of nitrogens with zero attached hydrogens (tertiary/aromatic N) is 1. The van der Waals surface area contributed by atoms with Gasteiger partial charge in [-0.2, -0.15) is 0 Å². The summed E-state index contributed by atoms with van der Waals surface area (Å²) in [6.45, 7) is 4.98. The van der Waals surface area contributed by atoms with Crippen LogP contribution >= 0.6 is 0 Å². The Morgan fingerprint density at radius 2 is 2.56 bits per heavy atom. The largest absolute Gasteiger partial charge is 0.331 e. The van der Waals surface area contributed by atoms with Gasteiger partial charge in [0.2, 0.25) is 5.91 Å². The molecule has 0 aliphatic heterocycles. The van der Waals surface area contributed by atoms with Crippen molar-refractivity contribution >= 4 is 12.6 Å². The average Bonchev–Trinajstić information content (AvgIpc) is 1.89. The Morgan fingerprint density at radius 3 is 3.00 bits per heavy atom. The molecule has 0 aliphatic carbocycles. The van der Waals surface area contributed by atoms with Crippen LogP contribution in [0.5, 0.6) is 0 Å². The van der Waals surface area contributed by atoms with E-state index in [1.165, 1.54) is 12.4 Å². The molecule has 1 N–H and O–H groups in total. The van der Waals surface area contributed by atoms with Gasteiger partial charge in [-0.25, -0.2) is 0 Å². The molecule has 0 rings (SSSR count). The van der Waals surface area contributed by atoms with Gasteiger partial charge in [0.25, 0.3) is 0 Å². The highest BCUT2D eigenvalue weighted by molar-refractivity contribution is 5.76. The molecule has 0 aromatic rings. The highest BCUT2D eigenvalue weighted by Crippen LogP contribution is 1.74. The van der Waals surface area contributed by atoms with Gasteiger partial charge in [0, 0.05) is 18.8 Å². The number of hydrogen-bond donors (Lipinski definition) is 1. The van der Waals surface area contributed by atoms with Gasteiger partial charge in [-0.1, -0.05) is 6.92 Å². The Morgan fingerprint density at radius 1 is 1.89 bits per heavy atom. The maximum Gasteiger partial charge on any atom is 0.223 e. The van der Waals surface area contributed by atoms with Crippen LogP contribution in [-0.2, 0) is 4.79 Å². The smallest absolute Gasteiger partial charge is 0.223 e. The maximum atomic E-state index is 10.5. The highest BCUT2D eigenvalue weighted by Gasteiger charge is 1.87. The van der Waals surface area contributed by atoms with Crippen LogP contribution in [0.15, 0.2) is 17.4 Å². The summed E-state index contributed by atoms with van der Waals surface area (Å²) in [7, 11) is 0. The molecule has 3 nitrogen and oxygen atoms in total. The number of amides is 1. The molecule has 1 amide bonds. The number of hydrogen-bond acceptors (Lipinski definition) is 2. The second-order valence-electron chi connectivity index (χ2n) is 1.42. The van der Waals surface area contributed by atoms with E-state index in [1.54, 1.807) is 6.92 Å². The van der Waals surface area contributed by atoms with Crippen molar-refractivity contribution in [2.45, 2.75) is 13.3 Å². The van der Waals surface area contributed by atoms with Crippen LogP contribution in [0.25, 0.3) is 0 Å². The van der Waals surface area contributed by atoms with E-state index in [0.29, 0.717) is 6.42 Å². The molecular formula is C6H10N2O. The fourth-order valence-corrected chi connectivity index (χ4v) is 0.285. The number of aliphatic imine (C=N–C) groups is 1. The van der Waals surface area contributed by atoms with Gasteiger partial charge in [-0.15, -0.1) is 0 Å². The van der Waals surface area contributed by atoms with Crippen molar-refractivity contribution < 1.29 is 4.79 Å². The van der Waals surface area contributed by atoms with E-state index >= 15 is 0 Å². The molecule has 0 radical (unpaired) electrons. The lowest BCUT2D eigenvalue weighted by Gasteiger charge is -1.90. The Balaban J connectivity index is 3.37. The summed E-state index contributed by atoms with van der Waals surface area (Å²) in [6.07, 6.45) is 3.37. The van der Waals surface area contributed by atoms with Crippen molar-refractivity contribution in [1.82, 2.24) is 5.32 Å². The first-order valence-corrected chi connectivity index (χ1v) is 2.71. The summed E-state index contributed by atoms with van der Waals surface area (Å²) in [6, 6.07) is 0. The molecule has 0 atom stereocenters. The lowest BCUT2D eigenvalue weighted by molar-refractivity contribution is -0.119. The molecule has 0 aromatic carbocycles. The van der Waals surface area contributed by atoms with Crippen LogP contribution in [0.3, 0.4) is 0 Å². The van der Waals surface area contributed by atoms with Crippen LogP contribution in [0, 0.1) is 0 Å². The minimum atomic E-state index is -0.0186. The zero-order chi connectivity index (χ0) is 7.11. The zero-order valence-electron chi connectivity index (χ0n) is 5.42. The van der Waals surface area contributed by atoms with Crippen molar-refractivity contribution in [3.8, 4) is 0 Å². The van der Waals surface area contributed by atoms with Crippen molar-refractivity contribution in [1.29, 1.82) is 0 Å². The average molecular weight is 126 g/mol. The van der Waals surface area contributed by atoms with E-state index in [2.05, 4.69) is 17.0 Å². The maximum absolute atomic E-state index is 10.5. The predicted molar refractivity (Wildman–Crippen MR) is 37.1 cm³/mol. The Hall–Kier alpha value is -1.12. The molecule has 0 saturated heterocycles. The van der Waals surface area contributed by atoms with Crippen molar-refractivity contribution in [2.24, 2.45) is 4.99 Å². The first-order chi connectivity index (χ1) is 4.31. The van der Waals surface area contributed by atoms with Crippen LogP contribution in [-0.4, -0.2) is 12.6 Å². The van der Waals surface area contributed by atoms with E-state index < -0.39 is 0 Å². The fourth-order valence-electron chi connectivity index (χ4n) is 0.285. The molecular weight excluding hydrogens is 116 g/mol. The molecule has 9 heavy (non-hydrogen) atoms. The number of nitrogens with one attached hydrogen (secondary N) is 1. The Kier molecular flexibility index (Phi) is 4.40. The second kappa shape index (κ2) is 5.03. The predicted octanol–water partition coefficient (Wildman–Crippen LogP) is 0.684. The number of carbonyl (C=O) groups is 1. The lowest BCUT2D eigenvalue weighted by Crippen LogP contribution is -2.14. The zero-order valence-corrected chi connectivity index (χ0v) is 5.42. The van der Waals surface area contributed by atoms with Gasteiger partial charge < -0.3 is 5.32 Å². The van der Waals surface area contributed by atoms with Gasteiger partial charge in [-0.3, -0.25) is 9.79 Å². The van der Waals surface area contributed by atoms with E-state index in [9.17, 15) is 4.79 Å². The summed E-state index contributed by atoms with van der Waals surface area (Å²) in [5.41, 5.74) is 0. The molecule has 50 valence electrons. The third-order valence-electron chi connectivity index (χ3n) is 0.745. The van der Waals surface area contributed by atoms with Gasteiger partial charge in [0.1, 0.15) is 0 Å². The van der Waals surface area contributed by atoms with E-state index in [0.717, 1.165) is 0 Å². The first-order valence-electron chi connectivity index (χ1n) is 2.71. The molecule has 0 aromatic heterocycles. The molecule has 0 heterocycles. The minimum Gasteiger partial charge on any atom is -0.331 e. The standard InChI is InChI=1S/C6H10N2O/c1-3-6(9)8-5-4-7-2/h4-5H,2-3H2,1H3,(H,8,9)/b5-4-. The summed E-state index contributed by atoms with van der Waals surface area (Å²) < 4.78 is 0. The number of carbonyl (C=O) groups excluding carboxylic acids is 1. The second-order valence-corrected chi connectivity index (χ2v) is 1.42. The Bertz CT molecular complexity index is 129. The van der Waals surface area contributed by atoms with Gasteiger partial charge in [0.05, 0.1) is 0 Å². The lowest BCUT2D eigenvalue weighted by atomic mass is 10.5. The third-order valence-corrected chi connectivity index (χ3v) is 0.745. The minimum absolute atomic E-state index is 0.0186. The van der Waals surface area contributed by atoms with Crippen molar-refractivity contribution in [2.75, 3.05) is 0 Å². The summed E-state index contributed by atoms with van der Waals surface area (Å²) in [5, 5.41) is 2.48. The highest BCUT2D eigenvalue weighted by atomic mass is 16.1. The molecule has 0 spiro atoms. The topological polar surface area (TPSA) is 41.5 Å². The quantitative estimate of drug-likeness (QED) is 0.555. The SMILES string of the molecule is C=N/C=C\NC(=O)CC. The van der Waals surface area contributed by atoms with Crippen molar-refractivity contribution in [3.05, 3.63) is 12.4 Å². The Labute approximate surface area is 54.5 Å². The molecule has 0 fully saturated rings. The van der Waals surface area contributed by atoms with Gasteiger partial charge >= 0.3 is 0 Å². The van der Waals surface area contributed by atoms with E-state index in [1.807, 2.05) is 0 Å². The summed E-state index contributed by atoms with van der Waals surface area (Å²) in [5.74, 6) is -0.0186. The normalized spacial score (nSPS) is 9.44. The first kappa shape index (κ1) is 7.88. The van der Waals surface area contributed by atoms with Crippen LogP contribution in [0.4, 0.5) is 0 Å². The van der Waals surface area contributed by atoms with E-state index in [-0.39, 0.29) is 5.91 Å². The molecule has 0 saturated carbocycles. The summed E-state index contributed by atoms with van der Waals surface area (Å²) >= 11 is 0. The van der Waals surface area contributed by atoms with Crippen LogP contribution < -0.4 is 5.32 Å². The van der Waals surface area contributed by atoms with Gasteiger partial charge in [-0.05, 0) is 6.72 Å². The summed E-state index contributed by atoms with van der Waals surface area (Å²) in [4.78, 5) is 13.9. The third kappa shape index (κ3) is 4.74. The fraction of sp³-hybridized carbons (Fsp3) is 0.333. The molecule has 3 heteroatoms. The molecule has 0 aliphatic rings.